The summed E-state index contributed by atoms with van der Waals surface area (Å²) in [7, 11) is 1.63. The van der Waals surface area contributed by atoms with Gasteiger partial charge in [-0.1, -0.05) is 18.2 Å². The van der Waals surface area contributed by atoms with Crippen LogP contribution in [0, 0.1) is 0 Å². The molecule has 15 nitrogen and oxygen atoms in total. The minimum Gasteiger partial charge on any atom is -0.432 e. The Morgan fingerprint density at radius 1 is 0.711 bits per heavy atom. The highest BCUT2D eigenvalue weighted by molar-refractivity contribution is 6.05. The van der Waals surface area contributed by atoms with Crippen LogP contribution >= 0.6 is 0 Å². The van der Waals surface area contributed by atoms with Gasteiger partial charge in [-0.25, -0.2) is 9.69 Å². The van der Waals surface area contributed by atoms with Gasteiger partial charge in [0.2, 0.25) is 5.91 Å². The van der Waals surface area contributed by atoms with E-state index >= 15 is 0 Å². The normalized spacial score (nSPS) is 16.4. The lowest BCUT2D eigenvalue weighted by atomic mass is 10.0. The first kappa shape index (κ1) is 36.3. The van der Waals surface area contributed by atoms with Gasteiger partial charge in [-0.2, -0.15) is 0 Å². The molecule has 1 saturated heterocycles. The van der Waals surface area contributed by atoms with Crippen LogP contribution in [0.5, 0.6) is 0 Å². The Morgan fingerprint density at radius 2 is 1.22 bits per heavy atom. The van der Waals surface area contributed by atoms with Crippen LogP contribution in [0.4, 0.5) is 4.79 Å². The third-order valence-electron chi connectivity index (χ3n) is 6.76. The van der Waals surface area contributed by atoms with Crippen LogP contribution < -0.4 is 0 Å². The summed E-state index contributed by atoms with van der Waals surface area (Å²) in [6.45, 7) is 5.18. The molecule has 0 aromatic heterocycles. The second-order valence-corrected chi connectivity index (χ2v) is 9.84. The van der Waals surface area contributed by atoms with Gasteiger partial charge < -0.3 is 47.5 Å². The molecule has 2 aliphatic rings. The van der Waals surface area contributed by atoms with Crippen molar-refractivity contribution in [2.75, 3.05) is 106 Å². The van der Waals surface area contributed by atoms with Gasteiger partial charge in [0.05, 0.1) is 85.9 Å². The second-order valence-electron chi connectivity index (χ2n) is 9.84. The highest BCUT2D eigenvalue weighted by Gasteiger charge is 2.42. The van der Waals surface area contributed by atoms with Crippen LogP contribution in [0.15, 0.2) is 24.3 Å². The summed E-state index contributed by atoms with van der Waals surface area (Å²) in [6, 6.07) is 6.32. The third kappa shape index (κ3) is 13.0. The average Bonchev–Trinajstić information content (AvgIpc) is 3.37. The summed E-state index contributed by atoms with van der Waals surface area (Å²) >= 11 is 0. The van der Waals surface area contributed by atoms with Crippen molar-refractivity contribution < 1.29 is 61.8 Å². The van der Waals surface area contributed by atoms with Crippen molar-refractivity contribution in [3.63, 3.8) is 0 Å². The molecule has 1 unspecified atom stereocenters. The molecule has 1 fully saturated rings. The minimum absolute atomic E-state index is 0.0504. The smallest absolute Gasteiger partial charge is 0.432 e. The molecule has 45 heavy (non-hydrogen) atoms. The van der Waals surface area contributed by atoms with Crippen molar-refractivity contribution in [3.05, 3.63) is 35.4 Å². The number of piperidine rings is 1. The average molecular weight is 641 g/mol. The Morgan fingerprint density at radius 3 is 1.76 bits per heavy atom. The zero-order chi connectivity index (χ0) is 32.1. The topological polar surface area (TPSA) is 158 Å². The largest absolute Gasteiger partial charge is 0.510 e. The van der Waals surface area contributed by atoms with E-state index in [1.807, 2.05) is 12.1 Å². The molecule has 252 valence electrons. The first-order valence-electron chi connectivity index (χ1n) is 15.0. The summed E-state index contributed by atoms with van der Waals surface area (Å²) in [5.74, 6) is -1.32. The molecule has 0 saturated carbocycles. The molecule has 2 aliphatic heterocycles. The van der Waals surface area contributed by atoms with E-state index < -0.39 is 30.7 Å². The fourth-order valence-electron chi connectivity index (χ4n) is 4.46. The number of rotatable bonds is 24. The fourth-order valence-corrected chi connectivity index (χ4v) is 4.46. The molecule has 2 heterocycles. The van der Waals surface area contributed by atoms with Gasteiger partial charge in [-0.15, -0.1) is 0 Å². The van der Waals surface area contributed by atoms with E-state index in [0.717, 1.165) is 10.5 Å². The Kier molecular flexibility index (Phi) is 17.4. The van der Waals surface area contributed by atoms with Gasteiger partial charge in [0.15, 0.2) is 6.73 Å². The Bertz CT molecular complexity index is 1060. The molecule has 0 N–H and O–H groups in total. The first-order valence-corrected chi connectivity index (χ1v) is 15.0. The van der Waals surface area contributed by atoms with E-state index in [0.29, 0.717) is 78.2 Å². The van der Waals surface area contributed by atoms with E-state index in [4.69, 9.17) is 42.6 Å². The quantitative estimate of drug-likeness (QED) is 0.0897. The lowest BCUT2D eigenvalue weighted by Crippen LogP contribution is -2.55. The van der Waals surface area contributed by atoms with Gasteiger partial charge in [-0.3, -0.25) is 14.4 Å². The van der Waals surface area contributed by atoms with Gasteiger partial charge in [0.1, 0.15) is 12.6 Å². The van der Waals surface area contributed by atoms with Crippen LogP contribution in [0.1, 0.15) is 28.8 Å². The number of hydrogen-bond donors (Lipinski definition) is 0. The number of imide groups is 1. The van der Waals surface area contributed by atoms with E-state index in [9.17, 15) is 19.2 Å². The lowest BCUT2D eigenvalue weighted by Gasteiger charge is -2.34. The molecule has 0 radical (unpaired) electrons. The number of ether oxygens (including phenoxy) is 9. The van der Waals surface area contributed by atoms with Crippen LogP contribution in [-0.2, 0) is 58.8 Å². The number of fused-ring (bicyclic) bond motifs is 1. The van der Waals surface area contributed by atoms with Crippen molar-refractivity contribution in [3.8, 4) is 0 Å². The van der Waals surface area contributed by atoms with E-state index in [1.54, 1.807) is 19.2 Å². The molecule has 0 spiro atoms. The molecule has 3 rings (SSSR count). The van der Waals surface area contributed by atoms with Crippen LogP contribution in [0.3, 0.4) is 0 Å². The standard InChI is InChI=1S/C30H44N2O13/c1-37-8-9-38-10-11-39-12-13-40-14-15-41-16-17-42-18-19-43-20-21-44-30(36)45-23-32-27(33)7-6-26(29(32)35)31-22-24-4-2-3-5-25(24)28(31)34/h2-5,26H,6-23H2,1H3. The van der Waals surface area contributed by atoms with Crippen molar-refractivity contribution in [1.82, 2.24) is 9.80 Å². The molecule has 1 aromatic rings. The van der Waals surface area contributed by atoms with E-state index in [2.05, 4.69) is 0 Å². The zero-order valence-corrected chi connectivity index (χ0v) is 25.8. The minimum atomic E-state index is -1.04. The monoisotopic (exact) mass is 640 g/mol. The highest BCUT2D eigenvalue weighted by atomic mass is 16.7. The fraction of sp³-hybridized carbons (Fsp3) is 0.667. The number of carbonyl (C=O) groups is 4. The molecule has 1 aromatic carbocycles. The summed E-state index contributed by atoms with van der Waals surface area (Å²) < 4.78 is 47.0. The van der Waals surface area contributed by atoms with Crippen LogP contribution in [0.2, 0.25) is 0 Å². The molecular formula is C30H44N2O13. The molecule has 1 atom stereocenters. The molecule has 15 heteroatoms. The van der Waals surface area contributed by atoms with Crippen LogP contribution in [-0.4, -0.2) is 146 Å². The summed E-state index contributed by atoms with van der Waals surface area (Å²) in [5.41, 5.74) is 1.37. The second kappa shape index (κ2) is 21.5. The lowest BCUT2D eigenvalue weighted by molar-refractivity contribution is -0.157. The number of amides is 3. The predicted molar refractivity (Wildman–Crippen MR) is 155 cm³/mol. The molecular weight excluding hydrogens is 596 g/mol. The Balaban J connectivity index is 1.11. The van der Waals surface area contributed by atoms with Crippen molar-refractivity contribution >= 4 is 23.9 Å². The van der Waals surface area contributed by atoms with Crippen LogP contribution in [0.25, 0.3) is 0 Å². The van der Waals surface area contributed by atoms with Gasteiger partial charge in [0.25, 0.3) is 11.8 Å². The zero-order valence-electron chi connectivity index (χ0n) is 25.8. The Hall–Kier alpha value is -3.18. The number of carbonyl (C=O) groups excluding carboxylic acids is 4. The first-order chi connectivity index (χ1) is 22.0. The molecule has 0 bridgehead atoms. The number of methoxy groups -OCH3 is 1. The maximum Gasteiger partial charge on any atom is 0.510 e. The SMILES string of the molecule is COCCOCCOCCOCCOCCOCCOCCOC(=O)OCN1C(=O)CCC(N2Cc3ccccc3C2=O)C1=O. The van der Waals surface area contributed by atoms with E-state index in [1.165, 1.54) is 4.90 Å². The third-order valence-corrected chi connectivity index (χ3v) is 6.76. The number of likely N-dealkylation sites (tertiary alicyclic amines) is 1. The maximum atomic E-state index is 13.0. The van der Waals surface area contributed by atoms with Crippen molar-refractivity contribution in [1.29, 1.82) is 0 Å². The maximum absolute atomic E-state index is 13.0. The van der Waals surface area contributed by atoms with Gasteiger partial charge >= 0.3 is 6.16 Å². The number of benzene rings is 1. The molecule has 0 aliphatic carbocycles. The summed E-state index contributed by atoms with van der Waals surface area (Å²) in [6.07, 6.45) is -0.778. The predicted octanol–water partition coefficient (Wildman–Crippen LogP) is 1.02. The Labute approximate surface area is 262 Å². The van der Waals surface area contributed by atoms with E-state index in [-0.39, 0.29) is 45.1 Å². The number of nitrogens with zero attached hydrogens (tertiary/aromatic N) is 2. The summed E-state index contributed by atoms with van der Waals surface area (Å²) in [4.78, 5) is 52.4. The van der Waals surface area contributed by atoms with Crippen molar-refractivity contribution in [2.45, 2.75) is 25.4 Å². The van der Waals surface area contributed by atoms with Gasteiger partial charge in [-0.05, 0) is 18.1 Å². The number of hydrogen-bond acceptors (Lipinski definition) is 13. The van der Waals surface area contributed by atoms with Crippen molar-refractivity contribution in [2.24, 2.45) is 0 Å². The highest BCUT2D eigenvalue weighted by Crippen LogP contribution is 2.28. The molecule has 3 amide bonds. The summed E-state index contributed by atoms with van der Waals surface area (Å²) in [5, 5.41) is 0. The van der Waals surface area contributed by atoms with Gasteiger partial charge in [0, 0.05) is 25.6 Å².